The lowest BCUT2D eigenvalue weighted by atomic mass is 9.90. The number of halogens is 1. The predicted molar refractivity (Wildman–Crippen MR) is 132 cm³/mol. The molecule has 4 rings (SSSR count). The number of fused-ring (bicyclic) bond motifs is 1. The van der Waals surface area contributed by atoms with Crippen LogP contribution in [0.5, 0.6) is 0 Å². The van der Waals surface area contributed by atoms with Crippen molar-refractivity contribution in [3.63, 3.8) is 0 Å². The van der Waals surface area contributed by atoms with Crippen LogP contribution in [0.4, 0.5) is 0 Å². The third-order valence-electron chi connectivity index (χ3n) is 5.66. The zero-order valence-electron chi connectivity index (χ0n) is 18.2. The Morgan fingerprint density at radius 3 is 2.36 bits per heavy atom. The molecular formula is C27H26ClN3O2. The van der Waals surface area contributed by atoms with E-state index in [0.717, 1.165) is 27.6 Å². The maximum Gasteiger partial charge on any atom is 0.224 e. The van der Waals surface area contributed by atoms with Gasteiger partial charge in [-0.25, -0.2) is 0 Å². The molecule has 1 heterocycles. The molecule has 4 aromatic rings. The average Bonchev–Trinajstić information content (AvgIpc) is 3.25. The third-order valence-corrected chi connectivity index (χ3v) is 6.01. The van der Waals surface area contributed by atoms with Crippen molar-refractivity contribution in [2.24, 2.45) is 0 Å². The van der Waals surface area contributed by atoms with E-state index in [1.807, 2.05) is 79.0 Å². The van der Waals surface area contributed by atoms with Crippen LogP contribution < -0.4 is 10.6 Å². The van der Waals surface area contributed by atoms with Gasteiger partial charge >= 0.3 is 0 Å². The zero-order valence-corrected chi connectivity index (χ0v) is 18.9. The first-order valence-electron chi connectivity index (χ1n) is 11.0. The minimum atomic E-state index is -0.119. The SMILES string of the molecule is O=C(CCNC(=O)Cc1ccccc1)NCC(c1ccccc1Cl)c1c[nH]c2ccccc12. The Hall–Kier alpha value is -3.57. The van der Waals surface area contributed by atoms with Gasteiger partial charge in [0.15, 0.2) is 0 Å². The van der Waals surface area contributed by atoms with Crippen molar-refractivity contribution in [3.05, 3.63) is 107 Å². The molecule has 1 aromatic heterocycles. The van der Waals surface area contributed by atoms with Crippen LogP contribution >= 0.6 is 11.6 Å². The summed E-state index contributed by atoms with van der Waals surface area (Å²) in [6.07, 6.45) is 2.50. The summed E-state index contributed by atoms with van der Waals surface area (Å²) in [6, 6.07) is 25.3. The number of hydrogen-bond donors (Lipinski definition) is 3. The molecule has 0 radical (unpaired) electrons. The number of nitrogens with one attached hydrogen (secondary N) is 3. The Bertz CT molecular complexity index is 1240. The molecule has 0 saturated heterocycles. The molecule has 1 atom stereocenters. The summed E-state index contributed by atoms with van der Waals surface area (Å²) in [5, 5.41) is 7.60. The van der Waals surface area contributed by atoms with Gasteiger partial charge in [-0.05, 0) is 28.8 Å². The van der Waals surface area contributed by atoms with E-state index in [2.05, 4.69) is 21.7 Å². The molecule has 3 aromatic carbocycles. The van der Waals surface area contributed by atoms with Crippen LogP contribution in [0.15, 0.2) is 85.1 Å². The molecule has 33 heavy (non-hydrogen) atoms. The number of H-pyrrole nitrogens is 1. The van der Waals surface area contributed by atoms with Crippen LogP contribution in [0.25, 0.3) is 10.9 Å². The summed E-state index contributed by atoms with van der Waals surface area (Å²) in [5.74, 6) is -0.319. The van der Waals surface area contributed by atoms with Gasteiger partial charge in [-0.3, -0.25) is 9.59 Å². The highest BCUT2D eigenvalue weighted by molar-refractivity contribution is 6.31. The first-order chi connectivity index (χ1) is 16.1. The van der Waals surface area contributed by atoms with Crippen molar-refractivity contribution in [1.82, 2.24) is 15.6 Å². The Labute approximate surface area is 198 Å². The topological polar surface area (TPSA) is 74.0 Å². The van der Waals surface area contributed by atoms with E-state index in [0.29, 0.717) is 24.5 Å². The minimum Gasteiger partial charge on any atom is -0.361 e. The second-order valence-electron chi connectivity index (χ2n) is 7.93. The molecule has 2 amide bonds. The van der Waals surface area contributed by atoms with Crippen LogP contribution in [-0.4, -0.2) is 29.9 Å². The number of hydrogen-bond acceptors (Lipinski definition) is 2. The molecule has 0 saturated carbocycles. The molecule has 168 valence electrons. The van der Waals surface area contributed by atoms with Crippen LogP contribution in [0.3, 0.4) is 0 Å². The predicted octanol–water partition coefficient (Wildman–Crippen LogP) is 4.82. The Morgan fingerprint density at radius 1 is 0.818 bits per heavy atom. The van der Waals surface area contributed by atoms with E-state index in [1.165, 1.54) is 0 Å². The number of para-hydroxylation sites is 1. The third kappa shape index (κ3) is 5.82. The molecule has 0 spiro atoms. The lowest BCUT2D eigenvalue weighted by Gasteiger charge is -2.19. The molecule has 1 unspecified atom stereocenters. The maximum absolute atomic E-state index is 12.5. The fourth-order valence-electron chi connectivity index (χ4n) is 3.99. The van der Waals surface area contributed by atoms with Crippen LogP contribution in [0.1, 0.15) is 29.0 Å². The van der Waals surface area contributed by atoms with Gasteiger partial charge in [0.1, 0.15) is 0 Å². The van der Waals surface area contributed by atoms with Crippen molar-refractivity contribution in [3.8, 4) is 0 Å². The van der Waals surface area contributed by atoms with E-state index >= 15 is 0 Å². The fraction of sp³-hybridized carbons (Fsp3) is 0.185. The average molecular weight is 460 g/mol. The van der Waals surface area contributed by atoms with Gasteiger partial charge in [0.2, 0.25) is 11.8 Å². The van der Waals surface area contributed by atoms with Crippen molar-refractivity contribution in [2.75, 3.05) is 13.1 Å². The highest BCUT2D eigenvalue weighted by Crippen LogP contribution is 2.34. The summed E-state index contributed by atoms with van der Waals surface area (Å²) >= 11 is 6.52. The highest BCUT2D eigenvalue weighted by Gasteiger charge is 2.21. The van der Waals surface area contributed by atoms with Crippen molar-refractivity contribution in [1.29, 1.82) is 0 Å². The first-order valence-corrected chi connectivity index (χ1v) is 11.4. The van der Waals surface area contributed by atoms with E-state index in [1.54, 1.807) is 0 Å². The molecule has 3 N–H and O–H groups in total. The molecule has 0 aliphatic rings. The molecule has 5 nitrogen and oxygen atoms in total. The lowest BCUT2D eigenvalue weighted by Crippen LogP contribution is -2.33. The van der Waals surface area contributed by atoms with E-state index in [-0.39, 0.29) is 24.2 Å². The second-order valence-corrected chi connectivity index (χ2v) is 8.34. The van der Waals surface area contributed by atoms with Gasteiger partial charge in [0.25, 0.3) is 0 Å². The minimum absolute atomic E-state index is 0.0956. The summed E-state index contributed by atoms with van der Waals surface area (Å²) in [6.45, 7) is 0.698. The summed E-state index contributed by atoms with van der Waals surface area (Å²) < 4.78 is 0. The standard InChI is InChI=1S/C27H26ClN3O2/c28-24-12-6-4-10-20(24)22(23-17-30-25-13-7-5-11-21(23)25)18-31-26(32)14-15-29-27(33)16-19-8-2-1-3-9-19/h1-13,17,22,30H,14-16,18H2,(H,29,33)(H,31,32). The Kier molecular flexibility index (Phi) is 7.43. The van der Waals surface area contributed by atoms with Crippen LogP contribution in [-0.2, 0) is 16.0 Å². The smallest absolute Gasteiger partial charge is 0.224 e. The fourth-order valence-corrected chi connectivity index (χ4v) is 4.26. The molecule has 0 bridgehead atoms. The Morgan fingerprint density at radius 2 is 1.55 bits per heavy atom. The number of benzene rings is 3. The first kappa shape index (κ1) is 22.6. The normalized spacial score (nSPS) is 11.8. The van der Waals surface area contributed by atoms with Crippen LogP contribution in [0.2, 0.25) is 5.02 Å². The quantitative estimate of drug-likeness (QED) is 0.336. The lowest BCUT2D eigenvalue weighted by molar-refractivity contribution is -0.122. The molecular weight excluding hydrogens is 434 g/mol. The van der Waals surface area contributed by atoms with Gasteiger partial charge in [-0.1, -0.05) is 78.3 Å². The van der Waals surface area contributed by atoms with Crippen LogP contribution in [0, 0.1) is 0 Å². The molecule has 0 aliphatic carbocycles. The largest absolute Gasteiger partial charge is 0.361 e. The number of aromatic amines is 1. The number of amides is 2. The maximum atomic E-state index is 12.5. The molecule has 0 aliphatic heterocycles. The van der Waals surface area contributed by atoms with E-state index in [4.69, 9.17) is 11.6 Å². The second kappa shape index (κ2) is 10.8. The monoisotopic (exact) mass is 459 g/mol. The molecule has 0 fully saturated rings. The number of carbonyl (C=O) groups excluding carboxylic acids is 2. The van der Waals surface area contributed by atoms with Gasteiger partial charge in [-0.15, -0.1) is 0 Å². The van der Waals surface area contributed by atoms with Gasteiger partial charge in [-0.2, -0.15) is 0 Å². The van der Waals surface area contributed by atoms with Crippen molar-refractivity contribution < 1.29 is 9.59 Å². The number of aromatic nitrogens is 1. The molecule has 6 heteroatoms. The number of carbonyl (C=O) groups is 2. The highest BCUT2D eigenvalue weighted by atomic mass is 35.5. The summed E-state index contributed by atoms with van der Waals surface area (Å²) in [4.78, 5) is 27.9. The zero-order chi connectivity index (χ0) is 23.0. The van der Waals surface area contributed by atoms with Crippen molar-refractivity contribution in [2.45, 2.75) is 18.8 Å². The van der Waals surface area contributed by atoms with Gasteiger partial charge in [0.05, 0.1) is 6.42 Å². The van der Waals surface area contributed by atoms with E-state index in [9.17, 15) is 9.59 Å². The Balaban J connectivity index is 1.37. The summed E-state index contributed by atoms with van der Waals surface area (Å²) in [5.41, 5.74) is 4.02. The van der Waals surface area contributed by atoms with Gasteiger partial charge in [0, 0.05) is 47.6 Å². The van der Waals surface area contributed by atoms with E-state index < -0.39 is 0 Å². The van der Waals surface area contributed by atoms with Gasteiger partial charge < -0.3 is 15.6 Å². The summed E-state index contributed by atoms with van der Waals surface area (Å²) in [7, 11) is 0. The van der Waals surface area contributed by atoms with Crippen molar-refractivity contribution >= 4 is 34.3 Å². The number of rotatable bonds is 9.